The van der Waals surface area contributed by atoms with Crippen LogP contribution < -0.4 is 0 Å². The van der Waals surface area contributed by atoms with Crippen molar-refractivity contribution in [1.29, 1.82) is 5.26 Å². The molecular formula is C13H12N4S. The lowest BCUT2D eigenvalue weighted by molar-refractivity contribution is 0.922. The van der Waals surface area contributed by atoms with Gasteiger partial charge < -0.3 is 0 Å². The molecule has 2 heterocycles. The molecule has 0 radical (unpaired) electrons. The highest BCUT2D eigenvalue weighted by atomic mass is 32.2. The minimum atomic E-state index is 0.557. The minimum absolute atomic E-state index is 0.557. The summed E-state index contributed by atoms with van der Waals surface area (Å²) in [6.07, 6.45) is 1.76. The molecule has 0 unspecified atom stereocenters. The molecule has 0 aliphatic carbocycles. The first-order chi connectivity index (χ1) is 8.70. The molecule has 0 bridgehead atoms. The molecule has 0 amide bonds. The van der Waals surface area contributed by atoms with E-state index in [1.54, 1.807) is 6.20 Å². The van der Waals surface area contributed by atoms with Gasteiger partial charge in [-0.15, -0.1) is 0 Å². The van der Waals surface area contributed by atoms with Crippen LogP contribution in [0.15, 0.2) is 29.4 Å². The van der Waals surface area contributed by atoms with E-state index in [9.17, 15) is 0 Å². The van der Waals surface area contributed by atoms with E-state index in [4.69, 9.17) is 5.26 Å². The molecule has 0 saturated carbocycles. The van der Waals surface area contributed by atoms with E-state index in [0.29, 0.717) is 17.1 Å². The van der Waals surface area contributed by atoms with Gasteiger partial charge in [-0.3, -0.25) is 4.98 Å². The second-order valence-corrected chi connectivity index (χ2v) is 4.72. The van der Waals surface area contributed by atoms with Crippen LogP contribution >= 0.6 is 11.8 Å². The van der Waals surface area contributed by atoms with E-state index < -0.39 is 0 Å². The van der Waals surface area contributed by atoms with Crippen molar-refractivity contribution in [1.82, 2.24) is 15.0 Å². The molecule has 5 heteroatoms. The van der Waals surface area contributed by atoms with Gasteiger partial charge in [-0.25, -0.2) is 9.97 Å². The van der Waals surface area contributed by atoms with Crippen molar-refractivity contribution in [2.45, 2.75) is 24.6 Å². The van der Waals surface area contributed by atoms with E-state index in [2.05, 4.69) is 21.0 Å². The maximum absolute atomic E-state index is 9.13. The monoisotopic (exact) mass is 256 g/mol. The van der Waals surface area contributed by atoms with Crippen LogP contribution in [-0.4, -0.2) is 15.0 Å². The molecule has 2 aromatic heterocycles. The van der Waals surface area contributed by atoms with Gasteiger partial charge in [-0.1, -0.05) is 17.8 Å². The van der Waals surface area contributed by atoms with E-state index in [-0.39, 0.29) is 0 Å². The maximum Gasteiger partial charge on any atom is 0.126 e. The van der Waals surface area contributed by atoms with Gasteiger partial charge in [0.05, 0.1) is 11.4 Å². The van der Waals surface area contributed by atoms with Gasteiger partial charge in [0.25, 0.3) is 0 Å². The third kappa shape index (κ3) is 2.84. The lowest BCUT2D eigenvalue weighted by atomic mass is 10.3. The Morgan fingerprint density at radius 3 is 2.78 bits per heavy atom. The molecule has 0 saturated heterocycles. The highest BCUT2D eigenvalue weighted by molar-refractivity contribution is 7.98. The summed E-state index contributed by atoms with van der Waals surface area (Å²) in [5.41, 5.74) is 2.26. The van der Waals surface area contributed by atoms with Gasteiger partial charge >= 0.3 is 0 Å². The smallest absolute Gasteiger partial charge is 0.126 e. The number of hydrogen-bond donors (Lipinski definition) is 0. The predicted molar refractivity (Wildman–Crippen MR) is 70.0 cm³/mol. The minimum Gasteiger partial charge on any atom is -0.260 e. The molecule has 0 aliphatic rings. The average molecular weight is 256 g/mol. The maximum atomic E-state index is 9.13. The highest BCUT2D eigenvalue weighted by Crippen LogP contribution is 2.24. The number of aryl methyl sites for hydroxylation is 2. The number of rotatable bonds is 3. The molecule has 2 aromatic rings. The van der Waals surface area contributed by atoms with Crippen LogP contribution in [-0.2, 0) is 5.75 Å². The van der Waals surface area contributed by atoms with E-state index >= 15 is 0 Å². The van der Waals surface area contributed by atoms with Gasteiger partial charge in [0.2, 0.25) is 0 Å². The second kappa shape index (κ2) is 5.61. The Morgan fingerprint density at radius 1 is 1.28 bits per heavy atom. The average Bonchev–Trinajstić information content (AvgIpc) is 2.37. The van der Waals surface area contributed by atoms with Gasteiger partial charge in [-0.05, 0) is 26.0 Å². The molecule has 90 valence electrons. The fourth-order valence-corrected chi connectivity index (χ4v) is 2.53. The zero-order chi connectivity index (χ0) is 13.0. The quantitative estimate of drug-likeness (QED) is 0.624. The summed E-state index contributed by atoms with van der Waals surface area (Å²) in [5.74, 6) is 1.39. The van der Waals surface area contributed by atoms with Crippen LogP contribution in [0.5, 0.6) is 0 Å². The number of pyridine rings is 1. The Bertz CT molecular complexity index is 590. The zero-order valence-corrected chi connectivity index (χ0v) is 11.0. The summed E-state index contributed by atoms with van der Waals surface area (Å²) in [6.45, 7) is 3.66. The molecule has 0 N–H and O–H groups in total. The van der Waals surface area contributed by atoms with Crippen molar-refractivity contribution in [2.75, 3.05) is 0 Å². The van der Waals surface area contributed by atoms with Crippen LogP contribution in [0.1, 0.15) is 22.8 Å². The lowest BCUT2D eigenvalue weighted by Crippen LogP contribution is -1.99. The molecule has 0 fully saturated rings. The van der Waals surface area contributed by atoms with Crippen molar-refractivity contribution in [3.8, 4) is 6.07 Å². The van der Waals surface area contributed by atoms with Crippen molar-refractivity contribution in [3.63, 3.8) is 0 Å². The van der Waals surface area contributed by atoms with E-state index in [1.807, 2.05) is 32.0 Å². The topological polar surface area (TPSA) is 62.5 Å². The number of hydrogen-bond acceptors (Lipinski definition) is 5. The SMILES string of the molecule is Cc1nc(C)c(C#N)c(SCc2ccccn2)n1. The zero-order valence-electron chi connectivity index (χ0n) is 10.2. The van der Waals surface area contributed by atoms with Gasteiger partial charge in [0, 0.05) is 11.9 Å². The standard InChI is InChI=1S/C13H12N4S/c1-9-12(7-14)13(17-10(2)16-9)18-8-11-5-3-4-6-15-11/h3-6H,8H2,1-2H3. The summed E-state index contributed by atoms with van der Waals surface area (Å²) in [4.78, 5) is 12.8. The normalized spacial score (nSPS) is 10.1. The highest BCUT2D eigenvalue weighted by Gasteiger charge is 2.10. The van der Waals surface area contributed by atoms with Crippen LogP contribution in [0.25, 0.3) is 0 Å². The molecule has 0 spiro atoms. The molecule has 2 rings (SSSR count). The Labute approximate surface area is 110 Å². The molecule has 0 aliphatic heterocycles. The Kier molecular flexibility index (Phi) is 3.90. The molecule has 0 atom stereocenters. The largest absolute Gasteiger partial charge is 0.260 e. The van der Waals surface area contributed by atoms with Gasteiger partial charge in [0.1, 0.15) is 22.5 Å². The fourth-order valence-electron chi connectivity index (χ4n) is 1.54. The molecule has 18 heavy (non-hydrogen) atoms. The molecular weight excluding hydrogens is 244 g/mol. The van der Waals surface area contributed by atoms with Crippen molar-refractivity contribution < 1.29 is 0 Å². The van der Waals surface area contributed by atoms with Crippen LogP contribution in [0.3, 0.4) is 0 Å². The first-order valence-electron chi connectivity index (χ1n) is 5.48. The van der Waals surface area contributed by atoms with Crippen molar-refractivity contribution in [3.05, 3.63) is 47.2 Å². The van der Waals surface area contributed by atoms with E-state index in [0.717, 1.165) is 16.4 Å². The van der Waals surface area contributed by atoms with E-state index in [1.165, 1.54) is 11.8 Å². The summed E-state index contributed by atoms with van der Waals surface area (Å²) in [6, 6.07) is 7.95. The Morgan fingerprint density at radius 2 is 2.11 bits per heavy atom. The third-order valence-corrected chi connectivity index (χ3v) is 3.37. The summed E-state index contributed by atoms with van der Waals surface area (Å²) < 4.78 is 0. The first-order valence-corrected chi connectivity index (χ1v) is 6.47. The Hall–Kier alpha value is -1.93. The van der Waals surface area contributed by atoms with Crippen LogP contribution in [0, 0.1) is 25.2 Å². The predicted octanol–water partition coefficient (Wildman–Crippen LogP) is 2.65. The lowest BCUT2D eigenvalue weighted by Gasteiger charge is -2.06. The Balaban J connectivity index is 2.22. The van der Waals surface area contributed by atoms with Crippen LogP contribution in [0.2, 0.25) is 0 Å². The fraction of sp³-hybridized carbons (Fsp3) is 0.231. The van der Waals surface area contributed by atoms with Gasteiger partial charge in [0.15, 0.2) is 0 Å². The summed E-state index contributed by atoms with van der Waals surface area (Å²) in [5, 5.41) is 9.86. The van der Waals surface area contributed by atoms with Crippen LogP contribution in [0.4, 0.5) is 0 Å². The molecule has 4 nitrogen and oxygen atoms in total. The van der Waals surface area contributed by atoms with Crippen molar-refractivity contribution >= 4 is 11.8 Å². The second-order valence-electron chi connectivity index (χ2n) is 3.76. The van der Waals surface area contributed by atoms with Gasteiger partial charge in [-0.2, -0.15) is 5.26 Å². The van der Waals surface area contributed by atoms with Crippen molar-refractivity contribution in [2.24, 2.45) is 0 Å². The summed E-state index contributed by atoms with van der Waals surface area (Å²) >= 11 is 1.52. The number of nitrogens with zero attached hydrogens (tertiary/aromatic N) is 4. The molecule has 0 aromatic carbocycles. The number of thioether (sulfide) groups is 1. The first kappa shape index (κ1) is 12.5. The third-order valence-electron chi connectivity index (χ3n) is 2.36. The number of nitriles is 1. The number of aromatic nitrogens is 3. The summed E-state index contributed by atoms with van der Waals surface area (Å²) in [7, 11) is 0.